The van der Waals surface area contributed by atoms with E-state index in [1.165, 1.54) is 11.1 Å². The maximum absolute atomic E-state index is 11.8. The van der Waals surface area contributed by atoms with Crippen LogP contribution in [0.15, 0.2) is 24.3 Å². The molecule has 4 rings (SSSR count). The Morgan fingerprint density at radius 1 is 1.24 bits per heavy atom. The van der Waals surface area contributed by atoms with E-state index in [1.807, 2.05) is 0 Å². The third kappa shape index (κ3) is 1.62. The number of nitrogens with zero attached hydrogens (tertiary/aromatic N) is 1. The Hall–Kier alpha value is -1.81. The Morgan fingerprint density at radius 2 is 2.00 bits per heavy atom. The average Bonchev–Trinajstić information content (AvgIpc) is 2.78. The Bertz CT molecular complexity index is 652. The summed E-state index contributed by atoms with van der Waals surface area (Å²) >= 11 is 0. The molecule has 1 unspecified atom stereocenters. The van der Waals surface area contributed by atoms with E-state index in [0.29, 0.717) is 12.5 Å². The molecule has 4 nitrogen and oxygen atoms in total. The minimum absolute atomic E-state index is 0.0267. The summed E-state index contributed by atoms with van der Waals surface area (Å²) in [4.78, 5) is 14.3. The number of rotatable bonds is 2. The van der Waals surface area contributed by atoms with Gasteiger partial charge in [-0.05, 0) is 35.8 Å². The molecule has 0 radical (unpaired) electrons. The van der Waals surface area contributed by atoms with Crippen molar-refractivity contribution in [1.29, 1.82) is 0 Å². The second-order valence-corrected chi connectivity index (χ2v) is 6.14. The number of ether oxygens (including phenoxy) is 2. The van der Waals surface area contributed by atoms with Gasteiger partial charge >= 0.3 is 0 Å². The van der Waals surface area contributed by atoms with Crippen LogP contribution in [0.2, 0.25) is 0 Å². The minimum Gasteiger partial charge on any atom is -0.493 e. The Balaban J connectivity index is 1.93. The van der Waals surface area contributed by atoms with E-state index in [1.54, 1.807) is 20.3 Å². The molecule has 2 bridgehead atoms. The van der Waals surface area contributed by atoms with Crippen LogP contribution in [0.3, 0.4) is 0 Å². The second kappa shape index (κ2) is 4.34. The minimum atomic E-state index is -0.0267. The van der Waals surface area contributed by atoms with Crippen molar-refractivity contribution in [2.24, 2.45) is 0 Å². The molecule has 0 amide bonds. The van der Waals surface area contributed by atoms with Crippen LogP contribution in [-0.2, 0) is 16.8 Å². The van der Waals surface area contributed by atoms with Crippen LogP contribution < -0.4 is 9.47 Å². The van der Waals surface area contributed by atoms with Crippen molar-refractivity contribution in [2.45, 2.75) is 30.8 Å². The number of ketones is 1. The Kier molecular flexibility index (Phi) is 2.67. The summed E-state index contributed by atoms with van der Waals surface area (Å²) in [5.41, 5.74) is 2.57. The quantitative estimate of drug-likeness (QED) is 0.834. The highest BCUT2D eigenvalue weighted by atomic mass is 16.5. The Morgan fingerprint density at radius 3 is 2.76 bits per heavy atom. The van der Waals surface area contributed by atoms with Crippen molar-refractivity contribution in [3.05, 3.63) is 35.4 Å². The zero-order valence-electron chi connectivity index (χ0n) is 12.4. The first-order chi connectivity index (χ1) is 10.2. The lowest BCUT2D eigenvalue weighted by molar-refractivity contribution is -0.116. The van der Waals surface area contributed by atoms with E-state index in [4.69, 9.17) is 9.47 Å². The van der Waals surface area contributed by atoms with Crippen molar-refractivity contribution in [2.75, 3.05) is 20.8 Å². The van der Waals surface area contributed by atoms with Gasteiger partial charge in [0.25, 0.3) is 0 Å². The summed E-state index contributed by atoms with van der Waals surface area (Å²) in [5, 5.41) is 0. The fourth-order valence-electron chi connectivity index (χ4n) is 4.28. The zero-order chi connectivity index (χ0) is 14.6. The van der Waals surface area contributed by atoms with Gasteiger partial charge < -0.3 is 9.47 Å². The molecule has 1 fully saturated rings. The van der Waals surface area contributed by atoms with Crippen molar-refractivity contribution in [3.63, 3.8) is 0 Å². The fraction of sp³-hybridized carbons (Fsp3) is 0.471. The molecule has 0 saturated carbocycles. The lowest BCUT2D eigenvalue weighted by atomic mass is 9.67. The topological polar surface area (TPSA) is 38.8 Å². The summed E-state index contributed by atoms with van der Waals surface area (Å²) in [5.74, 6) is 1.80. The van der Waals surface area contributed by atoms with E-state index in [-0.39, 0.29) is 11.2 Å². The molecule has 0 N–H and O–H groups in total. The molecule has 3 aliphatic rings. The normalized spacial score (nSPS) is 32.6. The molecule has 1 aromatic rings. The molecule has 21 heavy (non-hydrogen) atoms. The first-order valence-corrected chi connectivity index (χ1v) is 7.39. The summed E-state index contributed by atoms with van der Waals surface area (Å²) in [6, 6.07) is 4.51. The van der Waals surface area contributed by atoms with Gasteiger partial charge in [0.2, 0.25) is 0 Å². The molecule has 1 aromatic carbocycles. The van der Waals surface area contributed by atoms with Gasteiger partial charge in [-0.3, -0.25) is 9.69 Å². The van der Waals surface area contributed by atoms with Gasteiger partial charge in [0, 0.05) is 31.0 Å². The predicted octanol–water partition coefficient (Wildman–Crippen LogP) is 2.06. The van der Waals surface area contributed by atoms with Crippen molar-refractivity contribution >= 4 is 5.78 Å². The van der Waals surface area contributed by atoms with Gasteiger partial charge in [0.15, 0.2) is 17.3 Å². The van der Waals surface area contributed by atoms with E-state index in [9.17, 15) is 4.79 Å². The first-order valence-electron chi connectivity index (χ1n) is 7.39. The summed E-state index contributed by atoms with van der Waals surface area (Å²) in [7, 11) is 3.34. The SMILES string of the molecule is COc1cc2c(cc1OC)[C@@]13C=CC(=O)C[C@@H]1N(CC3)C2. The van der Waals surface area contributed by atoms with Crippen LogP contribution in [0.25, 0.3) is 0 Å². The van der Waals surface area contributed by atoms with Crippen molar-refractivity contribution < 1.29 is 14.3 Å². The molecule has 2 heterocycles. The van der Waals surface area contributed by atoms with Gasteiger partial charge in [-0.2, -0.15) is 0 Å². The van der Waals surface area contributed by atoms with E-state index >= 15 is 0 Å². The molecule has 1 aliphatic carbocycles. The zero-order valence-corrected chi connectivity index (χ0v) is 12.4. The van der Waals surface area contributed by atoms with Crippen LogP contribution in [-0.4, -0.2) is 37.5 Å². The second-order valence-electron chi connectivity index (χ2n) is 6.14. The van der Waals surface area contributed by atoms with Crippen LogP contribution in [0.1, 0.15) is 24.0 Å². The highest BCUT2D eigenvalue weighted by molar-refractivity contribution is 5.92. The fourth-order valence-corrected chi connectivity index (χ4v) is 4.28. The monoisotopic (exact) mass is 285 g/mol. The number of carbonyl (C=O) groups excluding carboxylic acids is 1. The van der Waals surface area contributed by atoms with Crippen molar-refractivity contribution in [1.82, 2.24) is 4.90 Å². The average molecular weight is 285 g/mol. The number of carbonyl (C=O) groups is 1. The van der Waals surface area contributed by atoms with E-state index < -0.39 is 0 Å². The maximum Gasteiger partial charge on any atom is 0.161 e. The summed E-state index contributed by atoms with van der Waals surface area (Å²) in [6.07, 6.45) is 5.60. The van der Waals surface area contributed by atoms with Crippen LogP contribution in [0, 0.1) is 0 Å². The highest BCUT2D eigenvalue weighted by Gasteiger charge is 2.53. The van der Waals surface area contributed by atoms with Crippen LogP contribution in [0.4, 0.5) is 0 Å². The standard InChI is InChI=1S/C17H19NO3/c1-20-14-7-11-10-18-6-5-17(13(11)9-15(14)21-2)4-3-12(19)8-16(17)18/h3-4,7,9,16H,5-6,8,10H2,1-2H3/t16-,17-/m0/s1. The Labute approximate surface area is 124 Å². The molecule has 0 spiro atoms. The molecule has 0 aromatic heterocycles. The summed E-state index contributed by atoms with van der Waals surface area (Å²) < 4.78 is 10.9. The van der Waals surface area contributed by atoms with Gasteiger partial charge in [0.05, 0.1) is 14.2 Å². The van der Waals surface area contributed by atoms with Gasteiger partial charge in [-0.25, -0.2) is 0 Å². The van der Waals surface area contributed by atoms with Crippen molar-refractivity contribution in [3.8, 4) is 11.5 Å². The third-order valence-corrected chi connectivity index (χ3v) is 5.29. The number of fused-ring (bicyclic) bond motifs is 1. The molecule has 2 aliphatic heterocycles. The smallest absolute Gasteiger partial charge is 0.161 e. The molecular formula is C17H19NO3. The molecule has 1 saturated heterocycles. The largest absolute Gasteiger partial charge is 0.493 e. The molecule has 3 atom stereocenters. The number of benzene rings is 1. The van der Waals surface area contributed by atoms with Crippen LogP contribution >= 0.6 is 0 Å². The van der Waals surface area contributed by atoms with Gasteiger partial charge in [-0.1, -0.05) is 6.08 Å². The number of methoxy groups -OCH3 is 2. The predicted molar refractivity (Wildman–Crippen MR) is 78.8 cm³/mol. The molecule has 110 valence electrons. The number of hydrogen-bond donors (Lipinski definition) is 0. The van der Waals surface area contributed by atoms with Gasteiger partial charge in [-0.15, -0.1) is 0 Å². The summed E-state index contributed by atoms with van der Waals surface area (Å²) in [6.45, 7) is 1.94. The lowest BCUT2D eigenvalue weighted by Gasteiger charge is -2.44. The third-order valence-electron chi connectivity index (χ3n) is 5.29. The van der Waals surface area contributed by atoms with Gasteiger partial charge in [0.1, 0.15) is 0 Å². The maximum atomic E-state index is 11.8. The molecular weight excluding hydrogens is 266 g/mol. The lowest BCUT2D eigenvalue weighted by Crippen LogP contribution is -2.48. The first kappa shape index (κ1) is 12.9. The van der Waals surface area contributed by atoms with Crippen LogP contribution in [0.5, 0.6) is 11.5 Å². The highest BCUT2D eigenvalue weighted by Crippen LogP contribution is 2.52. The number of hydrogen-bond acceptors (Lipinski definition) is 4. The van der Waals surface area contributed by atoms with E-state index in [2.05, 4.69) is 23.1 Å². The molecule has 4 heteroatoms. The van der Waals surface area contributed by atoms with E-state index in [0.717, 1.165) is 31.0 Å². The number of allylic oxidation sites excluding steroid dienone is 1.